The Bertz CT molecular complexity index is 555. The largest absolute Gasteiger partial charge is 0.379 e. The first-order valence-electron chi connectivity index (χ1n) is 6.81. The quantitative estimate of drug-likeness (QED) is 0.465. The minimum Gasteiger partial charge on any atom is -0.379 e. The van der Waals surface area contributed by atoms with Gasteiger partial charge in [-0.1, -0.05) is 36.0 Å². The van der Waals surface area contributed by atoms with Crippen LogP contribution in [0, 0.1) is 5.41 Å². The van der Waals surface area contributed by atoms with E-state index in [0.717, 1.165) is 24.3 Å². The van der Waals surface area contributed by atoms with Crippen molar-refractivity contribution in [1.82, 2.24) is 4.98 Å². The van der Waals surface area contributed by atoms with E-state index in [-0.39, 0.29) is 5.17 Å². The third-order valence-corrected chi connectivity index (χ3v) is 4.71. The number of aryl methyl sites for hydroxylation is 2. The van der Waals surface area contributed by atoms with E-state index in [2.05, 4.69) is 29.2 Å². The van der Waals surface area contributed by atoms with Gasteiger partial charge < -0.3 is 5.73 Å². The standard InChI is InChI=1S/C16H19N3S2/c17-16(18)21-12-8-14-3-1-13(2-4-14)7-11-20-15-5-9-19-10-6-15/h1-6,9-10H,7-8,11-12H2,(H3,17,18). The number of rotatable bonds is 7. The summed E-state index contributed by atoms with van der Waals surface area (Å²) in [5.74, 6) is 1.94. The average Bonchev–Trinajstić information content (AvgIpc) is 2.50. The summed E-state index contributed by atoms with van der Waals surface area (Å²) in [7, 11) is 0. The molecule has 0 atom stereocenters. The van der Waals surface area contributed by atoms with E-state index < -0.39 is 0 Å². The highest BCUT2D eigenvalue weighted by Gasteiger charge is 1.98. The molecule has 0 saturated heterocycles. The zero-order chi connectivity index (χ0) is 14.9. The van der Waals surface area contributed by atoms with E-state index in [1.807, 2.05) is 36.3 Å². The van der Waals surface area contributed by atoms with Crippen LogP contribution in [0.3, 0.4) is 0 Å². The molecule has 0 fully saturated rings. The zero-order valence-corrected chi connectivity index (χ0v) is 13.4. The number of nitrogens with zero attached hydrogens (tertiary/aromatic N) is 1. The Morgan fingerprint density at radius 2 is 1.52 bits per heavy atom. The summed E-state index contributed by atoms with van der Waals surface area (Å²) in [5.41, 5.74) is 7.98. The van der Waals surface area contributed by atoms with Crippen LogP contribution < -0.4 is 5.73 Å². The van der Waals surface area contributed by atoms with Gasteiger partial charge in [-0.3, -0.25) is 10.4 Å². The fourth-order valence-corrected chi connectivity index (χ4v) is 3.32. The third-order valence-electron chi connectivity index (χ3n) is 2.98. The lowest BCUT2D eigenvalue weighted by Crippen LogP contribution is -2.05. The lowest BCUT2D eigenvalue weighted by atomic mass is 10.1. The van der Waals surface area contributed by atoms with Gasteiger partial charge in [0.05, 0.1) is 0 Å². The predicted octanol–water partition coefficient (Wildman–Crippen LogP) is 3.59. The molecule has 1 aromatic carbocycles. The Morgan fingerprint density at radius 3 is 2.10 bits per heavy atom. The van der Waals surface area contributed by atoms with Crippen molar-refractivity contribution >= 4 is 28.7 Å². The maximum absolute atomic E-state index is 7.18. The summed E-state index contributed by atoms with van der Waals surface area (Å²) >= 11 is 3.25. The van der Waals surface area contributed by atoms with Gasteiger partial charge in [0, 0.05) is 28.8 Å². The number of hydrogen-bond donors (Lipinski definition) is 2. The molecule has 0 aliphatic rings. The minimum atomic E-state index is 0.194. The number of amidine groups is 1. The average molecular weight is 317 g/mol. The van der Waals surface area contributed by atoms with Crippen LogP contribution >= 0.6 is 23.5 Å². The third kappa shape index (κ3) is 6.23. The lowest BCUT2D eigenvalue weighted by Gasteiger charge is -2.04. The fraction of sp³-hybridized carbons (Fsp3) is 0.250. The van der Waals surface area contributed by atoms with Crippen LogP contribution in [0.5, 0.6) is 0 Å². The van der Waals surface area contributed by atoms with Gasteiger partial charge in [0.1, 0.15) is 0 Å². The number of aromatic nitrogens is 1. The first-order valence-corrected chi connectivity index (χ1v) is 8.78. The Labute approximate surface area is 134 Å². The molecule has 3 N–H and O–H groups in total. The van der Waals surface area contributed by atoms with Gasteiger partial charge in [-0.15, -0.1) is 11.8 Å². The Hall–Kier alpha value is -1.46. The second-order valence-corrected chi connectivity index (χ2v) is 6.87. The van der Waals surface area contributed by atoms with E-state index in [0.29, 0.717) is 0 Å². The number of benzene rings is 1. The van der Waals surface area contributed by atoms with E-state index in [9.17, 15) is 0 Å². The van der Waals surface area contributed by atoms with Crippen molar-refractivity contribution in [1.29, 1.82) is 5.41 Å². The van der Waals surface area contributed by atoms with Crippen LogP contribution in [0.4, 0.5) is 0 Å². The highest BCUT2D eigenvalue weighted by Crippen LogP contribution is 2.18. The Balaban J connectivity index is 1.73. The van der Waals surface area contributed by atoms with Crippen LogP contribution in [0.2, 0.25) is 0 Å². The minimum absolute atomic E-state index is 0.194. The number of pyridine rings is 1. The van der Waals surface area contributed by atoms with Crippen LogP contribution in [-0.4, -0.2) is 21.7 Å². The van der Waals surface area contributed by atoms with Crippen LogP contribution in [-0.2, 0) is 12.8 Å². The van der Waals surface area contributed by atoms with Gasteiger partial charge >= 0.3 is 0 Å². The molecule has 3 nitrogen and oxygen atoms in total. The molecule has 0 radical (unpaired) electrons. The topological polar surface area (TPSA) is 62.8 Å². The number of hydrogen-bond acceptors (Lipinski definition) is 4. The summed E-state index contributed by atoms with van der Waals surface area (Å²) in [5, 5.41) is 7.37. The molecule has 0 unspecified atom stereocenters. The molecule has 0 amide bonds. The van der Waals surface area contributed by atoms with E-state index >= 15 is 0 Å². The smallest absolute Gasteiger partial charge is 0.151 e. The normalized spacial score (nSPS) is 10.5. The summed E-state index contributed by atoms with van der Waals surface area (Å²) in [4.78, 5) is 5.29. The van der Waals surface area contributed by atoms with Crippen molar-refractivity contribution in [2.24, 2.45) is 5.73 Å². The van der Waals surface area contributed by atoms with Gasteiger partial charge in [-0.2, -0.15) is 0 Å². The SMILES string of the molecule is N=C(N)SCCc1ccc(CCSc2ccncc2)cc1. The van der Waals surface area contributed by atoms with Crippen LogP contribution in [0.15, 0.2) is 53.7 Å². The van der Waals surface area contributed by atoms with Crippen LogP contribution in [0.1, 0.15) is 11.1 Å². The first kappa shape index (κ1) is 15.9. The molecule has 0 aliphatic heterocycles. The van der Waals surface area contributed by atoms with E-state index in [4.69, 9.17) is 11.1 Å². The summed E-state index contributed by atoms with van der Waals surface area (Å²) in [6, 6.07) is 12.8. The number of nitrogens with two attached hydrogens (primary N) is 1. The Morgan fingerprint density at radius 1 is 0.952 bits per heavy atom. The molecule has 21 heavy (non-hydrogen) atoms. The van der Waals surface area contributed by atoms with Gasteiger partial charge in [-0.05, 0) is 36.1 Å². The highest BCUT2D eigenvalue weighted by molar-refractivity contribution is 8.13. The van der Waals surface area contributed by atoms with Crippen molar-refractivity contribution in [3.05, 3.63) is 59.9 Å². The van der Waals surface area contributed by atoms with Crippen molar-refractivity contribution in [2.75, 3.05) is 11.5 Å². The molecule has 110 valence electrons. The maximum Gasteiger partial charge on any atom is 0.151 e. The second-order valence-electron chi connectivity index (χ2n) is 4.56. The van der Waals surface area contributed by atoms with Crippen molar-refractivity contribution in [3.63, 3.8) is 0 Å². The van der Waals surface area contributed by atoms with Gasteiger partial charge in [0.15, 0.2) is 5.17 Å². The molecular weight excluding hydrogens is 298 g/mol. The molecule has 5 heteroatoms. The fourth-order valence-electron chi connectivity index (χ4n) is 1.87. The molecule has 0 bridgehead atoms. The van der Waals surface area contributed by atoms with Crippen molar-refractivity contribution in [2.45, 2.75) is 17.7 Å². The Kier molecular flexibility index (Phi) is 6.63. The maximum atomic E-state index is 7.18. The van der Waals surface area contributed by atoms with Gasteiger partial charge in [0.25, 0.3) is 0 Å². The molecule has 0 spiro atoms. The monoisotopic (exact) mass is 317 g/mol. The lowest BCUT2D eigenvalue weighted by molar-refractivity contribution is 1.12. The molecule has 0 aliphatic carbocycles. The molecule has 2 aromatic rings. The molecule has 0 saturated carbocycles. The predicted molar refractivity (Wildman–Crippen MR) is 93.2 cm³/mol. The highest BCUT2D eigenvalue weighted by atomic mass is 32.2. The number of nitrogens with one attached hydrogen (secondary N) is 1. The first-order chi connectivity index (χ1) is 10.2. The van der Waals surface area contributed by atoms with E-state index in [1.54, 1.807) is 0 Å². The summed E-state index contributed by atoms with van der Waals surface area (Å²) in [6.45, 7) is 0. The second kappa shape index (κ2) is 8.74. The van der Waals surface area contributed by atoms with Crippen molar-refractivity contribution < 1.29 is 0 Å². The summed E-state index contributed by atoms with van der Waals surface area (Å²) < 4.78 is 0. The van der Waals surface area contributed by atoms with Gasteiger partial charge in [-0.25, -0.2) is 0 Å². The summed E-state index contributed by atoms with van der Waals surface area (Å²) in [6.07, 6.45) is 5.68. The molecular formula is C16H19N3S2. The molecule has 1 heterocycles. The van der Waals surface area contributed by atoms with Crippen LogP contribution in [0.25, 0.3) is 0 Å². The molecule has 1 aromatic heterocycles. The van der Waals surface area contributed by atoms with E-state index in [1.165, 1.54) is 27.8 Å². The zero-order valence-electron chi connectivity index (χ0n) is 11.8. The number of thioether (sulfide) groups is 2. The van der Waals surface area contributed by atoms with Gasteiger partial charge in [0.2, 0.25) is 0 Å². The van der Waals surface area contributed by atoms with Crippen molar-refractivity contribution in [3.8, 4) is 0 Å². The molecule has 2 rings (SSSR count).